The van der Waals surface area contributed by atoms with E-state index in [2.05, 4.69) is 0 Å². The number of amides is 3. The quantitative estimate of drug-likeness (QED) is 0.116. The fourth-order valence-corrected chi connectivity index (χ4v) is 7.74. The van der Waals surface area contributed by atoms with Gasteiger partial charge in [0, 0.05) is 6.92 Å². The van der Waals surface area contributed by atoms with Crippen molar-refractivity contribution < 1.29 is 23.9 Å². The first kappa shape index (κ1) is 39.7. The molecule has 0 N–H and O–H groups in total. The molecule has 6 rings (SSSR count). The summed E-state index contributed by atoms with van der Waals surface area (Å²) in [5.74, 6) is -1.63. The molecule has 0 radical (unpaired) electrons. The smallest absolute Gasteiger partial charge is 0.326 e. The van der Waals surface area contributed by atoms with Gasteiger partial charge in [-0.15, -0.1) is 0 Å². The maximum atomic E-state index is 14.9. The molecule has 0 fully saturated rings. The number of benzene rings is 6. The summed E-state index contributed by atoms with van der Waals surface area (Å²) >= 11 is 0. The Balaban J connectivity index is 1.39. The molecule has 0 aliphatic heterocycles. The lowest BCUT2D eigenvalue weighted by Gasteiger charge is -2.37. The third kappa shape index (κ3) is 8.76. The Bertz CT molecular complexity index is 2380. The van der Waals surface area contributed by atoms with Crippen LogP contribution in [0.25, 0.3) is 32.3 Å². The molecule has 0 unspecified atom stereocenters. The van der Waals surface area contributed by atoms with Crippen LogP contribution in [0.5, 0.6) is 0 Å². The third-order valence-electron chi connectivity index (χ3n) is 10.6. The zero-order valence-corrected chi connectivity index (χ0v) is 33.4. The molecule has 3 amide bonds. The van der Waals surface area contributed by atoms with E-state index in [1.54, 1.807) is 30.6 Å². The van der Waals surface area contributed by atoms with Crippen LogP contribution in [0.1, 0.15) is 83.3 Å². The first-order valence-electron chi connectivity index (χ1n) is 19.2. The molecule has 288 valence electrons. The predicted molar refractivity (Wildman–Crippen MR) is 224 cm³/mol. The highest BCUT2D eigenvalue weighted by Gasteiger charge is 2.34. The SMILES string of the molecule is CC(=O)N(CC(=O)N(CC(=O)N(CC(=O)OC(C)(C)C)[C@@H](C)c1cccc2ccccc12)[C@@H](C)c1cccc2ccccc12)[C@@H](C)c1cccc2ccccc12. The van der Waals surface area contributed by atoms with E-state index in [-0.39, 0.29) is 25.5 Å². The lowest BCUT2D eigenvalue weighted by molar-refractivity contribution is -0.160. The summed E-state index contributed by atoms with van der Waals surface area (Å²) < 4.78 is 5.73. The van der Waals surface area contributed by atoms with Crippen LogP contribution in [0.3, 0.4) is 0 Å². The van der Waals surface area contributed by atoms with Crippen LogP contribution in [0.15, 0.2) is 127 Å². The Labute approximate surface area is 329 Å². The summed E-state index contributed by atoms with van der Waals surface area (Å²) in [6.07, 6.45) is 0. The molecule has 8 nitrogen and oxygen atoms in total. The molecule has 0 saturated heterocycles. The molecule has 0 bridgehead atoms. The van der Waals surface area contributed by atoms with Crippen molar-refractivity contribution in [2.45, 2.75) is 72.2 Å². The van der Waals surface area contributed by atoms with Crippen LogP contribution in [0.4, 0.5) is 0 Å². The van der Waals surface area contributed by atoms with Crippen LogP contribution >= 0.6 is 0 Å². The van der Waals surface area contributed by atoms with Gasteiger partial charge < -0.3 is 19.4 Å². The minimum Gasteiger partial charge on any atom is -0.459 e. The van der Waals surface area contributed by atoms with Gasteiger partial charge in [0.1, 0.15) is 25.2 Å². The molecule has 6 aromatic rings. The molecule has 0 aliphatic rings. The Morgan fingerprint density at radius 2 is 0.804 bits per heavy atom. The van der Waals surface area contributed by atoms with Gasteiger partial charge in [-0.25, -0.2) is 0 Å². The summed E-state index contributed by atoms with van der Waals surface area (Å²) in [5.41, 5.74) is 1.88. The second-order valence-electron chi connectivity index (χ2n) is 15.5. The molecule has 8 heteroatoms. The van der Waals surface area contributed by atoms with E-state index < -0.39 is 41.5 Å². The second-order valence-corrected chi connectivity index (χ2v) is 15.5. The largest absolute Gasteiger partial charge is 0.459 e. The van der Waals surface area contributed by atoms with Gasteiger partial charge in [0.2, 0.25) is 17.7 Å². The minimum atomic E-state index is -0.768. The maximum absolute atomic E-state index is 14.9. The highest BCUT2D eigenvalue weighted by Crippen LogP contribution is 2.33. The highest BCUT2D eigenvalue weighted by atomic mass is 16.6. The van der Waals surface area contributed by atoms with Crippen LogP contribution in [-0.4, -0.2) is 63.6 Å². The van der Waals surface area contributed by atoms with Gasteiger partial charge in [-0.05, 0) is 90.6 Å². The fourth-order valence-electron chi connectivity index (χ4n) is 7.74. The van der Waals surface area contributed by atoms with E-state index in [4.69, 9.17) is 4.74 Å². The molecule has 0 aliphatic carbocycles. The van der Waals surface area contributed by atoms with Gasteiger partial charge in [0.15, 0.2) is 0 Å². The third-order valence-corrected chi connectivity index (χ3v) is 10.6. The van der Waals surface area contributed by atoms with E-state index in [9.17, 15) is 19.2 Å². The average Bonchev–Trinajstić information content (AvgIpc) is 3.18. The van der Waals surface area contributed by atoms with E-state index in [1.807, 2.05) is 148 Å². The molecular weight excluding hydrogens is 699 g/mol. The average molecular weight is 750 g/mol. The van der Waals surface area contributed by atoms with Crippen molar-refractivity contribution in [3.8, 4) is 0 Å². The maximum Gasteiger partial charge on any atom is 0.326 e. The molecule has 0 spiro atoms. The zero-order chi connectivity index (χ0) is 40.1. The summed E-state index contributed by atoms with van der Waals surface area (Å²) in [6, 6.07) is 40.1. The molecule has 6 aromatic carbocycles. The Morgan fingerprint density at radius 3 is 1.18 bits per heavy atom. The number of fused-ring (bicyclic) bond motifs is 3. The fraction of sp³-hybridized carbons (Fsp3) is 0.292. The number of carbonyl (C=O) groups excluding carboxylic acids is 4. The molecular formula is C48H51N3O5. The van der Waals surface area contributed by atoms with Crippen molar-refractivity contribution >= 4 is 56.0 Å². The highest BCUT2D eigenvalue weighted by molar-refractivity contribution is 5.93. The number of hydrogen-bond acceptors (Lipinski definition) is 5. The van der Waals surface area contributed by atoms with E-state index >= 15 is 0 Å². The second kappa shape index (κ2) is 16.8. The number of carbonyl (C=O) groups is 4. The number of nitrogens with zero attached hydrogens (tertiary/aromatic N) is 3. The Morgan fingerprint density at radius 1 is 0.482 bits per heavy atom. The standard InChI is InChI=1S/C48H51N3O5/c1-32(39-26-14-20-36-17-8-11-23-42(36)39)49(35(4)52)29-45(53)50(33(2)40-27-15-21-37-18-9-12-24-43(37)40)30-46(54)51(31-47(55)56-48(5,6)7)34(3)41-28-16-22-38-19-10-13-25-44(38)41/h8-28,32-34H,29-31H2,1-7H3/t32-,33-,34-/m0/s1. The molecule has 0 saturated carbocycles. The van der Waals surface area contributed by atoms with E-state index in [0.29, 0.717) is 0 Å². The van der Waals surface area contributed by atoms with Crippen LogP contribution in [-0.2, 0) is 23.9 Å². The summed E-state index contributed by atoms with van der Waals surface area (Å²) in [7, 11) is 0. The normalized spacial score (nSPS) is 13.2. The Kier molecular flexibility index (Phi) is 11.9. The van der Waals surface area contributed by atoms with Crippen molar-refractivity contribution in [3.05, 3.63) is 144 Å². The van der Waals surface area contributed by atoms with Crippen molar-refractivity contribution in [2.24, 2.45) is 0 Å². The monoisotopic (exact) mass is 749 g/mol. The Hall–Kier alpha value is -6.02. The molecule has 56 heavy (non-hydrogen) atoms. The van der Waals surface area contributed by atoms with Crippen molar-refractivity contribution in [1.82, 2.24) is 14.7 Å². The van der Waals surface area contributed by atoms with Gasteiger partial charge in [-0.1, -0.05) is 127 Å². The van der Waals surface area contributed by atoms with Crippen LogP contribution in [0, 0.1) is 0 Å². The van der Waals surface area contributed by atoms with Gasteiger partial charge in [-0.3, -0.25) is 19.2 Å². The lowest BCUT2D eigenvalue weighted by atomic mass is 9.97. The van der Waals surface area contributed by atoms with Crippen molar-refractivity contribution in [2.75, 3.05) is 19.6 Å². The van der Waals surface area contributed by atoms with Crippen molar-refractivity contribution in [3.63, 3.8) is 0 Å². The van der Waals surface area contributed by atoms with Gasteiger partial charge in [0.05, 0.1) is 18.1 Å². The lowest BCUT2D eigenvalue weighted by Crippen LogP contribution is -2.50. The first-order chi connectivity index (χ1) is 26.7. The topological polar surface area (TPSA) is 87.2 Å². The summed E-state index contributed by atoms with van der Waals surface area (Å²) in [4.78, 5) is 61.2. The molecule has 0 aromatic heterocycles. The van der Waals surface area contributed by atoms with Crippen LogP contribution < -0.4 is 0 Å². The first-order valence-corrected chi connectivity index (χ1v) is 19.2. The number of ether oxygens (including phenoxy) is 1. The molecule has 0 heterocycles. The number of rotatable bonds is 12. The zero-order valence-electron chi connectivity index (χ0n) is 33.4. The number of esters is 1. The van der Waals surface area contributed by atoms with Gasteiger partial charge in [-0.2, -0.15) is 0 Å². The van der Waals surface area contributed by atoms with Gasteiger partial charge in [0.25, 0.3) is 0 Å². The minimum absolute atomic E-state index is 0.257. The summed E-state index contributed by atoms with van der Waals surface area (Å²) in [5, 5.41) is 5.96. The summed E-state index contributed by atoms with van der Waals surface area (Å²) in [6.45, 7) is 11.7. The molecule has 3 atom stereocenters. The van der Waals surface area contributed by atoms with Crippen molar-refractivity contribution in [1.29, 1.82) is 0 Å². The number of hydrogen-bond donors (Lipinski definition) is 0. The predicted octanol–water partition coefficient (Wildman–Crippen LogP) is 9.58. The van der Waals surface area contributed by atoms with E-state index in [1.165, 1.54) is 11.8 Å². The van der Waals surface area contributed by atoms with Crippen LogP contribution in [0.2, 0.25) is 0 Å². The van der Waals surface area contributed by atoms with E-state index in [0.717, 1.165) is 49.0 Å². The van der Waals surface area contributed by atoms with Gasteiger partial charge >= 0.3 is 5.97 Å².